The minimum Gasteiger partial charge on any atom is -0.370 e. The SMILES string of the molecule is CN=C(NCC(C)(C)c1ccc(Cl)cc1)N1CCOC(c2cnn(C)c2)C1.I. The first-order chi connectivity index (χ1) is 12.9. The molecule has 1 aromatic heterocycles. The molecule has 1 N–H and O–H groups in total. The molecule has 3 rings (SSSR count). The highest BCUT2D eigenvalue weighted by atomic mass is 127. The average Bonchev–Trinajstić information content (AvgIpc) is 3.09. The van der Waals surface area contributed by atoms with Crippen LogP contribution in [0.2, 0.25) is 5.02 Å². The Kier molecular flexibility index (Phi) is 8.15. The van der Waals surface area contributed by atoms with Crippen LogP contribution in [-0.2, 0) is 17.2 Å². The first-order valence-corrected chi connectivity index (χ1v) is 9.58. The molecule has 1 saturated heterocycles. The summed E-state index contributed by atoms with van der Waals surface area (Å²) in [7, 11) is 3.75. The van der Waals surface area contributed by atoms with Gasteiger partial charge in [-0.2, -0.15) is 5.10 Å². The standard InChI is InChI=1S/C20H28ClN5O.HI/c1-20(2,16-5-7-17(21)8-6-16)14-23-19(22-3)26-9-10-27-18(13-26)15-11-24-25(4)12-15;/h5-8,11-12,18H,9-10,13-14H2,1-4H3,(H,22,23);1H. The van der Waals surface area contributed by atoms with Gasteiger partial charge in [0.15, 0.2) is 5.96 Å². The second-order valence-corrected chi connectivity index (χ2v) is 7.98. The van der Waals surface area contributed by atoms with Crippen LogP contribution in [0.3, 0.4) is 0 Å². The molecule has 6 nitrogen and oxygen atoms in total. The van der Waals surface area contributed by atoms with Crippen LogP contribution in [0.15, 0.2) is 41.7 Å². The number of rotatable bonds is 4. The topological polar surface area (TPSA) is 54.7 Å². The number of aliphatic imine (C=N–C) groups is 1. The van der Waals surface area contributed by atoms with E-state index in [0.717, 1.165) is 36.2 Å². The summed E-state index contributed by atoms with van der Waals surface area (Å²) in [5.74, 6) is 0.897. The fourth-order valence-corrected chi connectivity index (χ4v) is 3.41. The molecular formula is C20H29ClIN5O. The van der Waals surface area contributed by atoms with Gasteiger partial charge < -0.3 is 15.0 Å². The lowest BCUT2D eigenvalue weighted by atomic mass is 9.84. The van der Waals surface area contributed by atoms with E-state index in [1.165, 1.54) is 5.56 Å². The Morgan fingerprint density at radius 3 is 2.68 bits per heavy atom. The van der Waals surface area contributed by atoms with Gasteiger partial charge in [-0.1, -0.05) is 37.6 Å². The van der Waals surface area contributed by atoms with Gasteiger partial charge >= 0.3 is 0 Å². The molecule has 1 unspecified atom stereocenters. The number of hydrogen-bond acceptors (Lipinski definition) is 3. The Labute approximate surface area is 189 Å². The van der Waals surface area contributed by atoms with Crippen LogP contribution in [0.5, 0.6) is 0 Å². The molecule has 0 aliphatic carbocycles. The fraction of sp³-hybridized carbons (Fsp3) is 0.500. The van der Waals surface area contributed by atoms with Crippen LogP contribution < -0.4 is 5.32 Å². The Balaban J connectivity index is 0.00000280. The summed E-state index contributed by atoms with van der Waals surface area (Å²) in [4.78, 5) is 6.74. The first kappa shape index (κ1) is 23.0. The number of halogens is 2. The normalized spacial score (nSPS) is 18.0. The number of morpholine rings is 1. The van der Waals surface area contributed by atoms with Crippen LogP contribution in [0.25, 0.3) is 0 Å². The zero-order chi connectivity index (χ0) is 19.4. The lowest BCUT2D eigenvalue weighted by Crippen LogP contribution is -2.50. The monoisotopic (exact) mass is 517 g/mol. The number of nitrogens with zero attached hydrogens (tertiary/aromatic N) is 4. The molecule has 1 aliphatic rings. The number of ether oxygens (including phenoxy) is 1. The predicted molar refractivity (Wildman–Crippen MR) is 125 cm³/mol. The molecule has 8 heteroatoms. The second-order valence-electron chi connectivity index (χ2n) is 7.54. The largest absolute Gasteiger partial charge is 0.370 e. The lowest BCUT2D eigenvalue weighted by Gasteiger charge is -2.36. The van der Waals surface area contributed by atoms with E-state index in [0.29, 0.717) is 6.61 Å². The quantitative estimate of drug-likeness (QED) is 0.382. The van der Waals surface area contributed by atoms with Gasteiger partial charge in [0.25, 0.3) is 0 Å². The molecule has 0 radical (unpaired) electrons. The summed E-state index contributed by atoms with van der Waals surface area (Å²) in [6, 6.07) is 8.04. The maximum absolute atomic E-state index is 6.02. The van der Waals surface area contributed by atoms with E-state index in [9.17, 15) is 0 Å². The van der Waals surface area contributed by atoms with Crippen molar-refractivity contribution in [2.45, 2.75) is 25.4 Å². The second kappa shape index (κ2) is 9.93. The molecule has 0 spiro atoms. The van der Waals surface area contributed by atoms with Crippen molar-refractivity contribution >= 4 is 41.5 Å². The highest BCUT2D eigenvalue weighted by Crippen LogP contribution is 2.25. The first-order valence-electron chi connectivity index (χ1n) is 9.21. The summed E-state index contributed by atoms with van der Waals surface area (Å²) >= 11 is 6.02. The minimum atomic E-state index is -0.0461. The number of aryl methyl sites for hydroxylation is 1. The van der Waals surface area contributed by atoms with Gasteiger partial charge in [-0.05, 0) is 17.7 Å². The summed E-state index contributed by atoms with van der Waals surface area (Å²) < 4.78 is 7.74. The fourth-order valence-electron chi connectivity index (χ4n) is 3.29. The Hall–Kier alpha value is -1.32. The summed E-state index contributed by atoms with van der Waals surface area (Å²) in [5, 5.41) is 8.55. The van der Waals surface area contributed by atoms with Gasteiger partial charge in [0.1, 0.15) is 6.10 Å². The molecule has 1 atom stereocenters. The molecule has 1 aliphatic heterocycles. The predicted octanol–water partition coefficient (Wildman–Crippen LogP) is 3.62. The molecule has 28 heavy (non-hydrogen) atoms. The molecule has 0 bridgehead atoms. The molecule has 2 aromatic rings. The van der Waals surface area contributed by atoms with Crippen molar-refractivity contribution in [1.29, 1.82) is 0 Å². The van der Waals surface area contributed by atoms with Crippen LogP contribution in [0.4, 0.5) is 0 Å². The van der Waals surface area contributed by atoms with E-state index in [2.05, 4.69) is 46.3 Å². The molecule has 154 valence electrons. The van der Waals surface area contributed by atoms with Gasteiger partial charge in [0.05, 0.1) is 19.3 Å². The van der Waals surface area contributed by atoms with Crippen LogP contribution >= 0.6 is 35.6 Å². The summed E-state index contributed by atoms with van der Waals surface area (Å²) in [6.45, 7) is 7.45. The van der Waals surface area contributed by atoms with Crippen molar-refractivity contribution in [3.8, 4) is 0 Å². The Morgan fingerprint density at radius 1 is 1.36 bits per heavy atom. The van der Waals surface area contributed by atoms with E-state index in [4.69, 9.17) is 16.3 Å². The number of hydrogen-bond donors (Lipinski definition) is 1. The van der Waals surface area contributed by atoms with Crippen molar-refractivity contribution < 1.29 is 4.74 Å². The zero-order valence-electron chi connectivity index (χ0n) is 16.9. The van der Waals surface area contributed by atoms with Crippen molar-refractivity contribution in [3.05, 3.63) is 52.8 Å². The van der Waals surface area contributed by atoms with Crippen molar-refractivity contribution in [1.82, 2.24) is 20.0 Å². The number of aromatic nitrogens is 2. The van der Waals surface area contributed by atoms with Gasteiger partial charge in [-0.25, -0.2) is 0 Å². The van der Waals surface area contributed by atoms with Gasteiger partial charge in [0, 0.05) is 49.4 Å². The van der Waals surface area contributed by atoms with Crippen molar-refractivity contribution in [2.24, 2.45) is 12.0 Å². The van der Waals surface area contributed by atoms with Crippen molar-refractivity contribution in [2.75, 3.05) is 33.3 Å². The zero-order valence-corrected chi connectivity index (χ0v) is 19.9. The lowest BCUT2D eigenvalue weighted by molar-refractivity contribution is -0.00808. The number of guanidine groups is 1. The van der Waals surface area contributed by atoms with Crippen LogP contribution in [0, 0.1) is 0 Å². The summed E-state index contributed by atoms with van der Waals surface area (Å²) in [6.07, 6.45) is 3.89. The molecule has 1 aromatic carbocycles. The van der Waals surface area contributed by atoms with Gasteiger partial charge in [-0.3, -0.25) is 9.67 Å². The minimum absolute atomic E-state index is 0. The third-order valence-electron chi connectivity index (χ3n) is 4.99. The molecule has 2 heterocycles. The van der Waals surface area contributed by atoms with Crippen LogP contribution in [0.1, 0.15) is 31.1 Å². The highest BCUT2D eigenvalue weighted by molar-refractivity contribution is 14.0. The Bertz CT molecular complexity index is 790. The number of nitrogens with one attached hydrogen (secondary N) is 1. The van der Waals surface area contributed by atoms with Crippen LogP contribution in [-0.4, -0.2) is 53.9 Å². The van der Waals surface area contributed by atoms with E-state index >= 15 is 0 Å². The highest BCUT2D eigenvalue weighted by Gasteiger charge is 2.27. The maximum Gasteiger partial charge on any atom is 0.193 e. The smallest absolute Gasteiger partial charge is 0.193 e. The molecule has 1 fully saturated rings. The van der Waals surface area contributed by atoms with E-state index < -0.39 is 0 Å². The van der Waals surface area contributed by atoms with E-state index in [1.807, 2.05) is 38.6 Å². The maximum atomic E-state index is 6.02. The van der Waals surface area contributed by atoms with Crippen molar-refractivity contribution in [3.63, 3.8) is 0 Å². The molecule has 0 saturated carbocycles. The van der Waals surface area contributed by atoms with Gasteiger partial charge in [0.2, 0.25) is 0 Å². The van der Waals surface area contributed by atoms with E-state index in [1.54, 1.807) is 4.68 Å². The number of benzene rings is 1. The molecular weight excluding hydrogens is 489 g/mol. The third-order valence-corrected chi connectivity index (χ3v) is 5.24. The Morgan fingerprint density at radius 2 is 2.07 bits per heavy atom. The van der Waals surface area contributed by atoms with E-state index in [-0.39, 0.29) is 35.5 Å². The average molecular weight is 518 g/mol. The third kappa shape index (κ3) is 5.61. The van der Waals surface area contributed by atoms with Gasteiger partial charge in [-0.15, -0.1) is 24.0 Å². The summed E-state index contributed by atoms with van der Waals surface area (Å²) in [5.41, 5.74) is 2.29. The molecule has 0 amide bonds.